The highest BCUT2D eigenvalue weighted by Gasteiger charge is 2.40. The van der Waals surface area contributed by atoms with Gasteiger partial charge < -0.3 is 30.2 Å². The lowest BCUT2D eigenvalue weighted by Crippen LogP contribution is -2.56. The Balaban J connectivity index is 1.79. The largest absolute Gasteiger partial charge is 0.485 e. The first-order valence-electron chi connectivity index (χ1n) is 9.70. The lowest BCUT2D eigenvalue weighted by molar-refractivity contribution is 0.0425. The smallest absolute Gasteiger partial charge is 0.186 e. The minimum Gasteiger partial charge on any atom is -0.485 e. The van der Waals surface area contributed by atoms with Crippen LogP contribution in [0.2, 0.25) is 0 Å². The highest BCUT2D eigenvalue weighted by atomic mass is 16.5. The Morgan fingerprint density at radius 2 is 2.10 bits per heavy atom. The summed E-state index contributed by atoms with van der Waals surface area (Å²) in [6.07, 6.45) is 3.40. The maximum absolute atomic E-state index is 10.9. The van der Waals surface area contributed by atoms with E-state index in [1.807, 2.05) is 6.07 Å². The third-order valence-corrected chi connectivity index (χ3v) is 5.47. The van der Waals surface area contributed by atoms with Gasteiger partial charge in [-0.05, 0) is 26.8 Å². The molecule has 0 bridgehead atoms. The highest BCUT2D eigenvalue weighted by molar-refractivity contribution is 5.97. The molecule has 0 spiro atoms. The van der Waals surface area contributed by atoms with Crippen LogP contribution in [0, 0.1) is 0 Å². The quantitative estimate of drug-likeness (QED) is 0.599. The fourth-order valence-electron chi connectivity index (χ4n) is 4.13. The van der Waals surface area contributed by atoms with Crippen LogP contribution in [0.5, 0.6) is 5.75 Å². The first-order chi connectivity index (χ1) is 13.8. The molecule has 2 aliphatic rings. The van der Waals surface area contributed by atoms with Crippen molar-refractivity contribution in [1.29, 1.82) is 0 Å². The summed E-state index contributed by atoms with van der Waals surface area (Å²) in [5.41, 5.74) is 7.37. The van der Waals surface area contributed by atoms with Gasteiger partial charge in [0.15, 0.2) is 17.4 Å². The van der Waals surface area contributed by atoms with E-state index in [0.29, 0.717) is 59.8 Å². The number of anilines is 2. The van der Waals surface area contributed by atoms with E-state index in [4.69, 9.17) is 25.2 Å². The van der Waals surface area contributed by atoms with E-state index in [9.17, 15) is 5.11 Å². The molecular weight excluding hydrogens is 372 g/mol. The zero-order valence-electron chi connectivity index (χ0n) is 16.6. The van der Waals surface area contributed by atoms with Gasteiger partial charge in [0.1, 0.15) is 23.5 Å². The molecule has 1 fully saturated rings. The maximum Gasteiger partial charge on any atom is 0.186 e. The van der Waals surface area contributed by atoms with E-state index in [-0.39, 0.29) is 12.1 Å². The van der Waals surface area contributed by atoms with Crippen molar-refractivity contribution >= 4 is 22.5 Å². The maximum atomic E-state index is 10.9. The second-order valence-corrected chi connectivity index (χ2v) is 8.19. The number of ether oxygens (including phenoxy) is 2. The Labute approximate surface area is 167 Å². The molecule has 0 aliphatic carbocycles. The summed E-state index contributed by atoms with van der Waals surface area (Å²) in [6, 6.07) is 2.08. The highest BCUT2D eigenvalue weighted by Crippen LogP contribution is 2.43. The number of nitrogens with two attached hydrogens (primary N) is 1. The predicted molar refractivity (Wildman–Crippen MR) is 109 cm³/mol. The van der Waals surface area contributed by atoms with E-state index < -0.39 is 5.60 Å². The molecule has 5 rings (SSSR count). The summed E-state index contributed by atoms with van der Waals surface area (Å²) >= 11 is 0. The Morgan fingerprint density at radius 3 is 2.90 bits per heavy atom. The van der Waals surface area contributed by atoms with E-state index >= 15 is 0 Å². The number of hydrogen-bond donors (Lipinski definition) is 3. The van der Waals surface area contributed by atoms with Crippen LogP contribution in [0.25, 0.3) is 22.4 Å². The Hall–Kier alpha value is -2.91. The molecule has 29 heavy (non-hydrogen) atoms. The van der Waals surface area contributed by atoms with Gasteiger partial charge in [0.25, 0.3) is 0 Å². The number of hydrogen-bond acceptors (Lipinski definition) is 8. The summed E-state index contributed by atoms with van der Waals surface area (Å²) in [5.74, 6) is 1.62. The third-order valence-electron chi connectivity index (χ3n) is 5.47. The van der Waals surface area contributed by atoms with E-state index in [0.717, 1.165) is 5.39 Å². The van der Waals surface area contributed by atoms with Gasteiger partial charge in [-0.2, -0.15) is 0 Å². The molecule has 0 radical (unpaired) electrons. The normalized spacial score (nSPS) is 21.6. The van der Waals surface area contributed by atoms with Crippen molar-refractivity contribution < 1.29 is 14.6 Å². The number of aliphatic hydroxyl groups is 1. The number of H-pyrrole nitrogens is 1. The number of aromatic amines is 1. The molecule has 1 saturated heterocycles. The van der Waals surface area contributed by atoms with Crippen LogP contribution in [0.1, 0.15) is 26.5 Å². The molecule has 5 heterocycles. The predicted octanol–water partition coefficient (Wildman–Crippen LogP) is 1.82. The van der Waals surface area contributed by atoms with E-state index in [1.165, 1.54) is 0 Å². The number of aromatic nitrogens is 4. The number of nitrogens with one attached hydrogen (secondary N) is 1. The van der Waals surface area contributed by atoms with Crippen LogP contribution < -0.4 is 15.4 Å². The molecule has 0 saturated carbocycles. The zero-order chi connectivity index (χ0) is 20.3. The monoisotopic (exact) mass is 396 g/mol. The minimum absolute atomic E-state index is 0.0609. The summed E-state index contributed by atoms with van der Waals surface area (Å²) in [4.78, 5) is 19.2. The van der Waals surface area contributed by atoms with Crippen LogP contribution in [0.15, 0.2) is 18.5 Å². The number of nitrogens with zero attached hydrogens (tertiary/aromatic N) is 4. The average Bonchev–Trinajstić information content (AvgIpc) is 3.14. The standard InChI is InChI=1S/C20H24N6O3/c1-10-7-28-8-11-9-29-15-16(20(2,3)27)24-18(25-19(15)26(10)11)14-12-4-5-22-17(12)23-6-13(14)21/h4-6,10-11,27H,7-9,21H2,1-3H3,(H,22,23)/t10-,11?/m1/s1. The molecule has 0 aromatic carbocycles. The van der Waals surface area contributed by atoms with Crippen molar-refractivity contribution in [2.75, 3.05) is 30.5 Å². The van der Waals surface area contributed by atoms with Crippen molar-refractivity contribution in [3.63, 3.8) is 0 Å². The average molecular weight is 396 g/mol. The van der Waals surface area contributed by atoms with Crippen molar-refractivity contribution in [3.05, 3.63) is 24.2 Å². The van der Waals surface area contributed by atoms with E-state index in [2.05, 4.69) is 21.8 Å². The first-order valence-corrected chi connectivity index (χ1v) is 9.70. The topological polar surface area (TPSA) is 122 Å². The van der Waals surface area contributed by atoms with Crippen LogP contribution in [-0.2, 0) is 10.3 Å². The van der Waals surface area contributed by atoms with Crippen molar-refractivity contribution in [2.24, 2.45) is 0 Å². The molecule has 1 unspecified atom stereocenters. The second-order valence-electron chi connectivity index (χ2n) is 8.19. The molecule has 9 heteroatoms. The van der Waals surface area contributed by atoms with Gasteiger partial charge in [-0.15, -0.1) is 0 Å². The van der Waals surface area contributed by atoms with Crippen molar-refractivity contribution in [1.82, 2.24) is 19.9 Å². The lowest BCUT2D eigenvalue weighted by Gasteiger charge is -2.45. The SMILES string of the molecule is C[C@@H]1COCC2COc3c(nc(-c4c(N)cnc5[nH]ccc45)nc3C(C)(C)O)N21. The van der Waals surface area contributed by atoms with Gasteiger partial charge in [0.2, 0.25) is 0 Å². The Bertz CT molecular complexity index is 1090. The number of nitrogen functional groups attached to an aromatic ring is 1. The van der Waals surface area contributed by atoms with Crippen molar-refractivity contribution in [3.8, 4) is 17.1 Å². The molecule has 0 amide bonds. The molecule has 152 valence electrons. The summed E-state index contributed by atoms with van der Waals surface area (Å²) in [5, 5.41) is 11.7. The number of fused-ring (bicyclic) bond motifs is 4. The van der Waals surface area contributed by atoms with E-state index in [1.54, 1.807) is 26.2 Å². The van der Waals surface area contributed by atoms with Gasteiger partial charge in [-0.1, -0.05) is 0 Å². The van der Waals surface area contributed by atoms with Gasteiger partial charge in [0, 0.05) is 11.6 Å². The fraction of sp³-hybridized carbons (Fsp3) is 0.450. The Morgan fingerprint density at radius 1 is 1.28 bits per heavy atom. The molecule has 3 aromatic heterocycles. The molecule has 2 atom stereocenters. The third kappa shape index (κ3) is 2.80. The first kappa shape index (κ1) is 18.1. The van der Waals surface area contributed by atoms with Gasteiger partial charge in [-0.25, -0.2) is 15.0 Å². The van der Waals surface area contributed by atoms with Crippen LogP contribution >= 0.6 is 0 Å². The lowest BCUT2D eigenvalue weighted by atomic mass is 10.0. The summed E-state index contributed by atoms with van der Waals surface area (Å²) < 4.78 is 11.7. The van der Waals surface area contributed by atoms with Crippen LogP contribution in [0.3, 0.4) is 0 Å². The van der Waals surface area contributed by atoms with Crippen molar-refractivity contribution in [2.45, 2.75) is 38.5 Å². The van der Waals surface area contributed by atoms with Gasteiger partial charge >= 0.3 is 0 Å². The van der Waals surface area contributed by atoms with Crippen LogP contribution in [0.4, 0.5) is 11.5 Å². The molecule has 3 aromatic rings. The van der Waals surface area contributed by atoms with Crippen LogP contribution in [-0.4, -0.2) is 56.9 Å². The summed E-state index contributed by atoms with van der Waals surface area (Å²) in [7, 11) is 0. The van der Waals surface area contributed by atoms with Gasteiger partial charge in [0.05, 0.1) is 42.7 Å². The summed E-state index contributed by atoms with van der Waals surface area (Å²) in [6.45, 7) is 7.12. The fourth-order valence-corrected chi connectivity index (χ4v) is 4.13. The zero-order valence-corrected chi connectivity index (χ0v) is 16.6. The molecular formula is C20H24N6O3. The minimum atomic E-state index is -1.22. The number of morpholine rings is 1. The Kier molecular flexibility index (Phi) is 3.94. The molecule has 4 N–H and O–H groups in total. The molecule has 2 aliphatic heterocycles. The van der Waals surface area contributed by atoms with Gasteiger partial charge in [-0.3, -0.25) is 0 Å². The number of rotatable bonds is 2. The molecule has 9 nitrogen and oxygen atoms in total. The number of pyridine rings is 1. The second kappa shape index (κ2) is 6.30.